The minimum Gasteiger partial charge on any atom is -0.380 e. The van der Waals surface area contributed by atoms with Crippen molar-refractivity contribution in [3.63, 3.8) is 0 Å². The number of ether oxygens (including phenoxy) is 1. The van der Waals surface area contributed by atoms with Gasteiger partial charge in [0, 0.05) is 44.2 Å². The summed E-state index contributed by atoms with van der Waals surface area (Å²) in [7, 11) is 1.99. The Hall–Kier alpha value is -1.20. The first-order chi connectivity index (χ1) is 9.19. The second-order valence-electron chi connectivity index (χ2n) is 4.58. The molecule has 0 saturated carbocycles. The van der Waals surface area contributed by atoms with E-state index in [0.717, 1.165) is 49.9 Å². The van der Waals surface area contributed by atoms with Crippen LogP contribution in [0.25, 0.3) is 0 Å². The van der Waals surface area contributed by atoms with Crippen molar-refractivity contribution in [2.75, 3.05) is 38.3 Å². The van der Waals surface area contributed by atoms with E-state index in [2.05, 4.69) is 22.2 Å². The number of anilines is 1. The molecule has 5 heteroatoms. The fraction of sp³-hybridized carbons (Fsp3) is 0.714. The molecule has 5 nitrogen and oxygen atoms in total. The third-order valence-corrected chi connectivity index (χ3v) is 2.93. The van der Waals surface area contributed by atoms with Gasteiger partial charge in [0.1, 0.15) is 0 Å². The molecule has 0 fully saturated rings. The minimum atomic E-state index is 0.704. The first-order valence-corrected chi connectivity index (χ1v) is 7.01. The van der Waals surface area contributed by atoms with Crippen molar-refractivity contribution in [1.29, 1.82) is 0 Å². The molecule has 0 aliphatic heterocycles. The average molecular weight is 266 g/mol. The highest BCUT2D eigenvalue weighted by Crippen LogP contribution is 2.09. The van der Waals surface area contributed by atoms with Crippen LogP contribution in [0.2, 0.25) is 0 Å². The Morgan fingerprint density at radius 3 is 2.79 bits per heavy atom. The van der Waals surface area contributed by atoms with Crippen LogP contribution < -0.4 is 10.2 Å². The maximum atomic E-state index is 5.34. The van der Waals surface area contributed by atoms with Gasteiger partial charge in [0.15, 0.2) is 0 Å². The maximum Gasteiger partial charge on any atom is 0.225 e. The summed E-state index contributed by atoms with van der Waals surface area (Å²) >= 11 is 0. The molecule has 0 aliphatic rings. The fourth-order valence-corrected chi connectivity index (χ4v) is 1.68. The number of hydrogen-bond donors (Lipinski definition) is 1. The topological polar surface area (TPSA) is 50.3 Å². The van der Waals surface area contributed by atoms with Gasteiger partial charge in [0.2, 0.25) is 5.95 Å². The number of likely N-dealkylation sites (N-methyl/N-ethyl adjacent to an activating group) is 1. The Morgan fingerprint density at radius 1 is 1.37 bits per heavy atom. The van der Waals surface area contributed by atoms with Crippen LogP contribution in [0.5, 0.6) is 0 Å². The van der Waals surface area contributed by atoms with Gasteiger partial charge >= 0.3 is 0 Å². The molecule has 0 spiro atoms. The molecule has 0 amide bonds. The highest BCUT2D eigenvalue weighted by atomic mass is 16.5. The Bertz CT molecular complexity index is 370. The van der Waals surface area contributed by atoms with Crippen LogP contribution >= 0.6 is 0 Å². The van der Waals surface area contributed by atoms with E-state index >= 15 is 0 Å². The lowest BCUT2D eigenvalue weighted by Gasteiger charge is -2.18. The van der Waals surface area contributed by atoms with Crippen LogP contribution in [0.15, 0.2) is 6.20 Å². The van der Waals surface area contributed by atoms with Crippen molar-refractivity contribution in [3.05, 3.63) is 17.5 Å². The van der Waals surface area contributed by atoms with E-state index in [1.54, 1.807) is 0 Å². The second kappa shape index (κ2) is 8.82. The smallest absolute Gasteiger partial charge is 0.225 e. The zero-order valence-electron chi connectivity index (χ0n) is 12.6. The summed E-state index contributed by atoms with van der Waals surface area (Å²) in [5, 5.41) is 3.37. The molecule has 1 aromatic heterocycles. The molecular weight excluding hydrogens is 240 g/mol. The molecular formula is C14H26N4O. The quantitative estimate of drug-likeness (QED) is 0.690. The Morgan fingerprint density at radius 2 is 2.16 bits per heavy atom. The summed E-state index contributed by atoms with van der Waals surface area (Å²) in [6.07, 6.45) is 3.05. The molecule has 19 heavy (non-hydrogen) atoms. The fourth-order valence-electron chi connectivity index (χ4n) is 1.68. The zero-order valence-corrected chi connectivity index (χ0v) is 12.6. The van der Waals surface area contributed by atoms with E-state index in [-0.39, 0.29) is 0 Å². The largest absolute Gasteiger partial charge is 0.380 e. The maximum absolute atomic E-state index is 5.34. The molecule has 1 aromatic rings. The molecule has 1 rings (SSSR count). The molecule has 108 valence electrons. The Kier molecular flexibility index (Phi) is 7.36. The summed E-state index contributed by atoms with van der Waals surface area (Å²) in [6, 6.07) is 0. The highest BCUT2D eigenvalue weighted by molar-refractivity contribution is 5.31. The average Bonchev–Trinajstić information content (AvgIpc) is 2.41. The minimum absolute atomic E-state index is 0.704. The van der Waals surface area contributed by atoms with Gasteiger partial charge in [-0.3, -0.25) is 0 Å². The summed E-state index contributed by atoms with van der Waals surface area (Å²) in [6.45, 7) is 10.3. The third kappa shape index (κ3) is 5.53. The van der Waals surface area contributed by atoms with Crippen LogP contribution in [0.4, 0.5) is 5.95 Å². The van der Waals surface area contributed by atoms with Crippen LogP contribution in [0.1, 0.15) is 31.5 Å². The van der Waals surface area contributed by atoms with Crippen molar-refractivity contribution in [3.8, 4) is 0 Å². The standard InChI is InChI=1S/C14H26N4O/c1-5-7-15-10-13-11-16-14(17-12(13)3)18(4)8-9-19-6-2/h11,15H,5-10H2,1-4H3. The zero-order chi connectivity index (χ0) is 14.1. The number of nitrogens with zero attached hydrogens (tertiary/aromatic N) is 3. The van der Waals surface area contributed by atoms with Gasteiger partial charge in [-0.15, -0.1) is 0 Å². The number of aromatic nitrogens is 2. The van der Waals surface area contributed by atoms with E-state index in [1.807, 2.05) is 32.0 Å². The Labute approximate surface area is 116 Å². The van der Waals surface area contributed by atoms with Gasteiger partial charge in [0.05, 0.1) is 6.61 Å². The van der Waals surface area contributed by atoms with Crippen molar-refractivity contribution >= 4 is 5.95 Å². The molecule has 0 radical (unpaired) electrons. The number of hydrogen-bond acceptors (Lipinski definition) is 5. The van der Waals surface area contributed by atoms with Crippen LogP contribution in [0.3, 0.4) is 0 Å². The molecule has 1 N–H and O–H groups in total. The van der Waals surface area contributed by atoms with Gasteiger partial charge in [0.25, 0.3) is 0 Å². The van der Waals surface area contributed by atoms with Crippen molar-refractivity contribution < 1.29 is 4.74 Å². The van der Waals surface area contributed by atoms with Gasteiger partial charge in [-0.05, 0) is 26.8 Å². The molecule has 0 bridgehead atoms. The highest BCUT2D eigenvalue weighted by Gasteiger charge is 2.07. The van der Waals surface area contributed by atoms with Crippen LogP contribution in [-0.2, 0) is 11.3 Å². The van der Waals surface area contributed by atoms with E-state index < -0.39 is 0 Å². The van der Waals surface area contributed by atoms with Crippen LogP contribution in [0, 0.1) is 6.92 Å². The molecule has 0 atom stereocenters. The predicted molar refractivity (Wildman–Crippen MR) is 78.5 cm³/mol. The van der Waals surface area contributed by atoms with Gasteiger partial charge in [-0.25, -0.2) is 9.97 Å². The van der Waals surface area contributed by atoms with Crippen molar-refractivity contribution in [2.45, 2.75) is 33.7 Å². The van der Waals surface area contributed by atoms with Crippen molar-refractivity contribution in [2.24, 2.45) is 0 Å². The number of aryl methyl sites for hydroxylation is 1. The lowest BCUT2D eigenvalue weighted by Crippen LogP contribution is -2.25. The second-order valence-corrected chi connectivity index (χ2v) is 4.58. The normalized spacial score (nSPS) is 10.7. The van der Waals surface area contributed by atoms with E-state index in [1.165, 1.54) is 0 Å². The predicted octanol–water partition coefficient (Wildman–Crippen LogP) is 1.76. The summed E-state index contributed by atoms with van der Waals surface area (Å²) in [4.78, 5) is 11.0. The van der Waals surface area contributed by atoms with Gasteiger partial charge < -0.3 is 15.0 Å². The first-order valence-electron chi connectivity index (χ1n) is 7.01. The first kappa shape index (κ1) is 15.9. The summed E-state index contributed by atoms with van der Waals surface area (Å²) in [5.41, 5.74) is 2.20. The monoisotopic (exact) mass is 266 g/mol. The van der Waals surface area contributed by atoms with E-state index in [0.29, 0.717) is 6.61 Å². The lowest BCUT2D eigenvalue weighted by atomic mass is 10.2. The van der Waals surface area contributed by atoms with E-state index in [9.17, 15) is 0 Å². The third-order valence-electron chi connectivity index (χ3n) is 2.93. The van der Waals surface area contributed by atoms with Gasteiger partial charge in [-0.2, -0.15) is 0 Å². The van der Waals surface area contributed by atoms with Gasteiger partial charge in [-0.1, -0.05) is 6.92 Å². The lowest BCUT2D eigenvalue weighted by molar-refractivity contribution is 0.154. The van der Waals surface area contributed by atoms with Crippen LogP contribution in [-0.4, -0.2) is 43.3 Å². The molecule has 0 saturated heterocycles. The SMILES string of the molecule is CCCNCc1cnc(N(C)CCOCC)nc1C. The molecule has 1 heterocycles. The summed E-state index contributed by atoms with van der Waals surface area (Å²) in [5.74, 6) is 0.761. The van der Waals surface area contributed by atoms with Crippen molar-refractivity contribution in [1.82, 2.24) is 15.3 Å². The van der Waals surface area contributed by atoms with E-state index in [4.69, 9.17) is 4.74 Å². The number of nitrogens with one attached hydrogen (secondary N) is 1. The number of rotatable bonds is 9. The molecule has 0 aliphatic carbocycles. The Balaban J connectivity index is 2.54. The summed E-state index contributed by atoms with van der Waals surface area (Å²) < 4.78 is 5.34. The molecule has 0 unspecified atom stereocenters. The molecule has 0 aromatic carbocycles.